The molecule has 1 aliphatic rings. The number of nitrogens with one attached hydrogen (secondary N) is 1. The van der Waals surface area contributed by atoms with Gasteiger partial charge >= 0.3 is 0 Å². The number of hydrogen-bond acceptors (Lipinski definition) is 3. The van der Waals surface area contributed by atoms with Crippen molar-refractivity contribution in [2.24, 2.45) is 0 Å². The number of likely N-dealkylation sites (N-methyl/N-ethyl adjacent to an activating group) is 1. The molecule has 0 aliphatic heterocycles. The van der Waals surface area contributed by atoms with Gasteiger partial charge in [-0.1, -0.05) is 42.5 Å². The summed E-state index contributed by atoms with van der Waals surface area (Å²) in [5.41, 5.74) is 2.40. The number of rotatable bonds is 4. The van der Waals surface area contributed by atoms with Crippen LogP contribution in [0.15, 0.2) is 48.5 Å². The SMILES string of the molecule is CNC[C@@]1(O)Cc2ccccc2[C@H]1Oc1ccccc1C. The average Bonchev–Trinajstić information content (AvgIpc) is 2.74. The van der Waals surface area contributed by atoms with Gasteiger partial charge in [0.05, 0.1) is 0 Å². The normalized spacial score (nSPS) is 23.9. The van der Waals surface area contributed by atoms with Gasteiger partial charge in [0.25, 0.3) is 0 Å². The third-order valence-corrected chi connectivity index (χ3v) is 4.14. The minimum absolute atomic E-state index is 0.345. The van der Waals surface area contributed by atoms with Crippen LogP contribution in [0.5, 0.6) is 5.75 Å². The van der Waals surface area contributed by atoms with Crippen LogP contribution in [0, 0.1) is 6.92 Å². The number of benzene rings is 2. The molecule has 3 rings (SSSR count). The summed E-state index contributed by atoms with van der Waals surface area (Å²) in [5, 5.41) is 14.1. The van der Waals surface area contributed by atoms with Gasteiger partial charge in [0.1, 0.15) is 11.4 Å². The fourth-order valence-corrected chi connectivity index (χ4v) is 3.11. The van der Waals surface area contributed by atoms with Crippen molar-refractivity contribution >= 4 is 0 Å². The first-order valence-electron chi connectivity index (χ1n) is 7.31. The molecule has 0 amide bonds. The van der Waals surface area contributed by atoms with E-state index in [4.69, 9.17) is 4.74 Å². The number of fused-ring (bicyclic) bond motifs is 1. The van der Waals surface area contributed by atoms with Gasteiger partial charge in [-0.3, -0.25) is 0 Å². The second kappa shape index (κ2) is 5.51. The van der Waals surface area contributed by atoms with Gasteiger partial charge in [0, 0.05) is 13.0 Å². The van der Waals surface area contributed by atoms with Crippen LogP contribution in [-0.4, -0.2) is 24.3 Å². The predicted octanol–water partition coefficient (Wildman–Crippen LogP) is 2.62. The van der Waals surface area contributed by atoms with Crippen LogP contribution < -0.4 is 10.1 Å². The number of para-hydroxylation sites is 1. The average molecular weight is 283 g/mol. The quantitative estimate of drug-likeness (QED) is 0.906. The van der Waals surface area contributed by atoms with E-state index >= 15 is 0 Å². The zero-order valence-electron chi connectivity index (χ0n) is 12.5. The summed E-state index contributed by atoms with van der Waals surface area (Å²) in [4.78, 5) is 0. The van der Waals surface area contributed by atoms with E-state index in [-0.39, 0.29) is 6.10 Å². The maximum absolute atomic E-state index is 11.0. The highest BCUT2D eigenvalue weighted by Crippen LogP contribution is 2.42. The van der Waals surface area contributed by atoms with E-state index in [9.17, 15) is 5.11 Å². The van der Waals surface area contributed by atoms with Crippen molar-refractivity contribution in [1.82, 2.24) is 5.32 Å². The monoisotopic (exact) mass is 283 g/mol. The second-order valence-corrected chi connectivity index (χ2v) is 5.77. The Bertz CT molecular complexity index is 641. The third kappa shape index (κ3) is 2.55. The van der Waals surface area contributed by atoms with E-state index in [0.717, 1.165) is 22.4 Å². The molecule has 0 radical (unpaired) electrons. The van der Waals surface area contributed by atoms with Crippen LogP contribution in [0.1, 0.15) is 22.8 Å². The Morgan fingerprint density at radius 3 is 2.67 bits per heavy atom. The molecule has 2 aromatic rings. The number of aryl methyl sites for hydroxylation is 1. The topological polar surface area (TPSA) is 41.5 Å². The van der Waals surface area contributed by atoms with Crippen molar-refractivity contribution in [3.8, 4) is 5.75 Å². The highest BCUT2D eigenvalue weighted by Gasteiger charge is 2.46. The molecule has 2 aromatic carbocycles. The molecular formula is C18H21NO2. The molecule has 0 heterocycles. The lowest BCUT2D eigenvalue weighted by molar-refractivity contribution is -0.0486. The first-order valence-corrected chi connectivity index (χ1v) is 7.31. The summed E-state index contributed by atoms with van der Waals surface area (Å²) in [7, 11) is 1.85. The standard InChI is InChI=1S/C18H21NO2/c1-13-7-3-6-10-16(13)21-17-15-9-5-4-8-14(15)11-18(17,20)12-19-2/h3-10,17,19-20H,11-12H2,1-2H3/t17-,18+/m1/s1. The summed E-state index contributed by atoms with van der Waals surface area (Å²) < 4.78 is 6.21. The molecule has 3 heteroatoms. The third-order valence-electron chi connectivity index (χ3n) is 4.14. The largest absolute Gasteiger partial charge is 0.482 e. The maximum atomic E-state index is 11.0. The van der Waals surface area contributed by atoms with Gasteiger partial charge in [-0.2, -0.15) is 0 Å². The van der Waals surface area contributed by atoms with Crippen molar-refractivity contribution in [2.75, 3.05) is 13.6 Å². The van der Waals surface area contributed by atoms with Crippen LogP contribution in [0.4, 0.5) is 0 Å². The molecule has 2 N–H and O–H groups in total. The molecule has 2 atom stereocenters. The molecule has 1 aliphatic carbocycles. The smallest absolute Gasteiger partial charge is 0.154 e. The van der Waals surface area contributed by atoms with Gasteiger partial charge in [-0.25, -0.2) is 0 Å². The van der Waals surface area contributed by atoms with E-state index in [0.29, 0.717) is 13.0 Å². The van der Waals surface area contributed by atoms with Gasteiger partial charge in [0.15, 0.2) is 6.10 Å². The highest BCUT2D eigenvalue weighted by atomic mass is 16.5. The predicted molar refractivity (Wildman–Crippen MR) is 83.6 cm³/mol. The minimum Gasteiger partial charge on any atom is -0.482 e. The van der Waals surface area contributed by atoms with Gasteiger partial charge in [-0.05, 0) is 36.7 Å². The van der Waals surface area contributed by atoms with Crippen molar-refractivity contribution in [1.29, 1.82) is 0 Å². The molecule has 0 fully saturated rings. The van der Waals surface area contributed by atoms with Crippen molar-refractivity contribution in [3.63, 3.8) is 0 Å². The Balaban J connectivity index is 1.98. The number of aliphatic hydroxyl groups is 1. The molecule has 21 heavy (non-hydrogen) atoms. The Kier molecular flexibility index (Phi) is 3.70. The summed E-state index contributed by atoms with van der Waals surface area (Å²) in [6, 6.07) is 16.0. The van der Waals surface area contributed by atoms with Crippen LogP contribution in [-0.2, 0) is 6.42 Å². The summed E-state index contributed by atoms with van der Waals surface area (Å²) in [5.74, 6) is 0.828. The molecular weight excluding hydrogens is 262 g/mol. The molecule has 3 nitrogen and oxygen atoms in total. The molecule has 0 aromatic heterocycles. The molecule has 0 bridgehead atoms. The summed E-state index contributed by atoms with van der Waals surface area (Å²) in [6.45, 7) is 2.52. The van der Waals surface area contributed by atoms with E-state index in [1.165, 1.54) is 0 Å². The number of hydrogen-bond donors (Lipinski definition) is 2. The lowest BCUT2D eigenvalue weighted by Gasteiger charge is -2.31. The number of ether oxygens (including phenoxy) is 1. The van der Waals surface area contributed by atoms with Gasteiger partial charge in [-0.15, -0.1) is 0 Å². The second-order valence-electron chi connectivity index (χ2n) is 5.77. The Morgan fingerprint density at radius 1 is 1.19 bits per heavy atom. The first kappa shape index (κ1) is 14.1. The zero-order valence-corrected chi connectivity index (χ0v) is 12.5. The zero-order chi connectivity index (χ0) is 14.9. The fraction of sp³-hybridized carbons (Fsp3) is 0.333. The van der Waals surface area contributed by atoms with Crippen LogP contribution in [0.3, 0.4) is 0 Å². The molecule has 0 saturated carbocycles. The van der Waals surface area contributed by atoms with Crippen LogP contribution in [0.25, 0.3) is 0 Å². The van der Waals surface area contributed by atoms with Gasteiger partial charge < -0.3 is 15.2 Å². The van der Waals surface area contributed by atoms with Crippen molar-refractivity contribution in [3.05, 3.63) is 65.2 Å². The van der Waals surface area contributed by atoms with E-state index < -0.39 is 5.60 Å². The summed E-state index contributed by atoms with van der Waals surface area (Å²) >= 11 is 0. The molecule has 0 spiro atoms. The lowest BCUT2D eigenvalue weighted by atomic mass is 9.97. The lowest BCUT2D eigenvalue weighted by Crippen LogP contribution is -2.45. The molecule has 0 saturated heterocycles. The molecule has 0 unspecified atom stereocenters. The van der Waals surface area contributed by atoms with Crippen molar-refractivity contribution in [2.45, 2.75) is 25.0 Å². The van der Waals surface area contributed by atoms with E-state index in [1.54, 1.807) is 0 Å². The molecule has 110 valence electrons. The van der Waals surface area contributed by atoms with E-state index in [1.807, 2.05) is 56.4 Å². The van der Waals surface area contributed by atoms with Crippen LogP contribution in [0.2, 0.25) is 0 Å². The Morgan fingerprint density at radius 2 is 1.90 bits per heavy atom. The first-order chi connectivity index (χ1) is 10.1. The maximum Gasteiger partial charge on any atom is 0.154 e. The minimum atomic E-state index is -0.916. The Labute approximate surface area is 125 Å². The van der Waals surface area contributed by atoms with Crippen molar-refractivity contribution < 1.29 is 9.84 Å². The van der Waals surface area contributed by atoms with E-state index in [2.05, 4.69) is 11.4 Å². The van der Waals surface area contributed by atoms with Crippen LogP contribution >= 0.6 is 0 Å². The summed E-state index contributed by atoms with van der Waals surface area (Å²) in [6.07, 6.45) is 0.267. The Hall–Kier alpha value is -1.84. The van der Waals surface area contributed by atoms with Gasteiger partial charge in [0.2, 0.25) is 0 Å². The highest BCUT2D eigenvalue weighted by molar-refractivity contribution is 5.41. The fourth-order valence-electron chi connectivity index (χ4n) is 3.11.